The molecule has 0 aliphatic heterocycles. The second kappa shape index (κ2) is 6.01. The van der Waals surface area contributed by atoms with E-state index in [2.05, 4.69) is 36.4 Å². The van der Waals surface area contributed by atoms with Gasteiger partial charge in [-0.05, 0) is 29.5 Å². The molecule has 2 heteroatoms. The molecular formula is C16H17NO. The average Bonchev–Trinajstić information content (AvgIpc) is 2.40. The number of benzene rings is 2. The highest BCUT2D eigenvalue weighted by molar-refractivity contribution is 5.73. The summed E-state index contributed by atoms with van der Waals surface area (Å²) in [6.07, 6.45) is 2.18. The number of primary amides is 1. The molecule has 0 aromatic heterocycles. The van der Waals surface area contributed by atoms with Crippen molar-refractivity contribution in [1.82, 2.24) is 0 Å². The zero-order valence-corrected chi connectivity index (χ0v) is 10.3. The molecule has 0 saturated carbocycles. The van der Waals surface area contributed by atoms with E-state index in [0.29, 0.717) is 6.42 Å². The molecule has 2 nitrogen and oxygen atoms in total. The number of amides is 1. The lowest BCUT2D eigenvalue weighted by atomic mass is 10.0. The minimum Gasteiger partial charge on any atom is -0.370 e. The van der Waals surface area contributed by atoms with Gasteiger partial charge in [0.05, 0.1) is 0 Å². The standard InChI is InChI=1S/C16H17NO/c17-16(18)8-4-5-13-9-11-15(12-10-13)14-6-2-1-3-7-14/h1-3,6-7,9-12H,4-5,8H2,(H2,17,18). The Morgan fingerprint density at radius 3 is 2.11 bits per heavy atom. The first-order valence-corrected chi connectivity index (χ1v) is 6.18. The zero-order valence-electron chi connectivity index (χ0n) is 10.3. The molecule has 2 aromatic rings. The summed E-state index contributed by atoms with van der Waals surface area (Å²) in [6.45, 7) is 0. The predicted octanol–water partition coefficient (Wildman–Crippen LogP) is 3.16. The number of carbonyl (C=O) groups is 1. The number of hydrogen-bond donors (Lipinski definition) is 1. The van der Waals surface area contributed by atoms with Gasteiger partial charge in [0, 0.05) is 6.42 Å². The van der Waals surface area contributed by atoms with Crippen LogP contribution in [0.15, 0.2) is 54.6 Å². The Kier molecular flexibility index (Phi) is 4.13. The highest BCUT2D eigenvalue weighted by atomic mass is 16.1. The molecule has 0 bridgehead atoms. The Labute approximate surface area is 107 Å². The third-order valence-corrected chi connectivity index (χ3v) is 2.95. The van der Waals surface area contributed by atoms with Crippen LogP contribution in [0.3, 0.4) is 0 Å². The number of carbonyl (C=O) groups excluding carboxylic acids is 1. The summed E-state index contributed by atoms with van der Waals surface area (Å²) in [5.74, 6) is -0.226. The van der Waals surface area contributed by atoms with Gasteiger partial charge in [-0.25, -0.2) is 0 Å². The normalized spacial score (nSPS) is 10.2. The van der Waals surface area contributed by atoms with E-state index in [1.807, 2.05) is 18.2 Å². The predicted molar refractivity (Wildman–Crippen MR) is 74.0 cm³/mol. The van der Waals surface area contributed by atoms with Gasteiger partial charge in [0.2, 0.25) is 5.91 Å². The van der Waals surface area contributed by atoms with Gasteiger partial charge in [-0.3, -0.25) is 4.79 Å². The Morgan fingerprint density at radius 2 is 1.50 bits per heavy atom. The van der Waals surface area contributed by atoms with E-state index in [1.165, 1.54) is 16.7 Å². The maximum Gasteiger partial charge on any atom is 0.217 e. The third-order valence-electron chi connectivity index (χ3n) is 2.95. The first kappa shape index (κ1) is 12.4. The smallest absolute Gasteiger partial charge is 0.217 e. The highest BCUT2D eigenvalue weighted by Gasteiger charge is 1.99. The Hall–Kier alpha value is -2.09. The Morgan fingerprint density at radius 1 is 0.889 bits per heavy atom. The average molecular weight is 239 g/mol. The summed E-state index contributed by atoms with van der Waals surface area (Å²) in [7, 11) is 0. The van der Waals surface area contributed by atoms with Gasteiger partial charge in [-0.15, -0.1) is 0 Å². The van der Waals surface area contributed by atoms with Crippen LogP contribution in [0.5, 0.6) is 0 Å². The van der Waals surface area contributed by atoms with Crippen molar-refractivity contribution < 1.29 is 4.79 Å². The molecule has 1 amide bonds. The number of hydrogen-bond acceptors (Lipinski definition) is 1. The molecule has 2 N–H and O–H groups in total. The van der Waals surface area contributed by atoms with Crippen molar-refractivity contribution in [3.63, 3.8) is 0 Å². The summed E-state index contributed by atoms with van der Waals surface area (Å²) in [4.78, 5) is 10.7. The van der Waals surface area contributed by atoms with Crippen molar-refractivity contribution in [3.05, 3.63) is 60.2 Å². The summed E-state index contributed by atoms with van der Waals surface area (Å²) in [5, 5.41) is 0. The van der Waals surface area contributed by atoms with Gasteiger partial charge < -0.3 is 5.73 Å². The second-order valence-corrected chi connectivity index (χ2v) is 4.38. The Bertz CT molecular complexity index is 502. The molecule has 0 fully saturated rings. The summed E-state index contributed by atoms with van der Waals surface area (Å²) < 4.78 is 0. The molecule has 2 aromatic carbocycles. The quantitative estimate of drug-likeness (QED) is 0.855. The fourth-order valence-corrected chi connectivity index (χ4v) is 1.96. The maximum absolute atomic E-state index is 10.7. The maximum atomic E-state index is 10.7. The van der Waals surface area contributed by atoms with Crippen molar-refractivity contribution in [2.45, 2.75) is 19.3 Å². The topological polar surface area (TPSA) is 43.1 Å². The minimum absolute atomic E-state index is 0.226. The van der Waals surface area contributed by atoms with E-state index in [1.54, 1.807) is 0 Å². The van der Waals surface area contributed by atoms with Crippen molar-refractivity contribution in [2.24, 2.45) is 5.73 Å². The molecule has 18 heavy (non-hydrogen) atoms. The lowest BCUT2D eigenvalue weighted by Gasteiger charge is -2.04. The van der Waals surface area contributed by atoms with Crippen LogP contribution in [0.25, 0.3) is 11.1 Å². The van der Waals surface area contributed by atoms with E-state index in [4.69, 9.17) is 5.73 Å². The van der Waals surface area contributed by atoms with Crippen molar-refractivity contribution >= 4 is 5.91 Å². The third kappa shape index (κ3) is 3.45. The lowest BCUT2D eigenvalue weighted by molar-refractivity contribution is -0.118. The fourth-order valence-electron chi connectivity index (χ4n) is 1.96. The lowest BCUT2D eigenvalue weighted by Crippen LogP contribution is -2.10. The summed E-state index contributed by atoms with van der Waals surface area (Å²) >= 11 is 0. The van der Waals surface area contributed by atoms with Crippen molar-refractivity contribution in [1.29, 1.82) is 0 Å². The van der Waals surface area contributed by atoms with Crippen LogP contribution < -0.4 is 5.73 Å². The van der Waals surface area contributed by atoms with Crippen LogP contribution in [0.2, 0.25) is 0 Å². The summed E-state index contributed by atoms with van der Waals surface area (Å²) in [6, 6.07) is 18.8. The van der Waals surface area contributed by atoms with Gasteiger partial charge in [0.1, 0.15) is 0 Å². The SMILES string of the molecule is NC(=O)CCCc1ccc(-c2ccccc2)cc1. The van der Waals surface area contributed by atoms with E-state index < -0.39 is 0 Å². The molecule has 92 valence electrons. The van der Waals surface area contributed by atoms with Crippen LogP contribution in [0, 0.1) is 0 Å². The Balaban J connectivity index is 2.00. The molecule has 2 rings (SSSR count). The van der Waals surface area contributed by atoms with Crippen molar-refractivity contribution in [2.75, 3.05) is 0 Å². The largest absolute Gasteiger partial charge is 0.370 e. The van der Waals surface area contributed by atoms with E-state index >= 15 is 0 Å². The number of aryl methyl sites for hydroxylation is 1. The van der Waals surface area contributed by atoms with Crippen molar-refractivity contribution in [3.8, 4) is 11.1 Å². The van der Waals surface area contributed by atoms with E-state index in [0.717, 1.165) is 12.8 Å². The van der Waals surface area contributed by atoms with Gasteiger partial charge in [0.15, 0.2) is 0 Å². The first-order valence-electron chi connectivity index (χ1n) is 6.18. The molecule has 0 aliphatic rings. The van der Waals surface area contributed by atoms with Crippen LogP contribution in [-0.2, 0) is 11.2 Å². The van der Waals surface area contributed by atoms with Gasteiger partial charge in [-0.1, -0.05) is 54.6 Å². The molecule has 0 aliphatic carbocycles. The zero-order chi connectivity index (χ0) is 12.8. The van der Waals surface area contributed by atoms with Crippen LogP contribution in [0.1, 0.15) is 18.4 Å². The molecule has 0 atom stereocenters. The second-order valence-electron chi connectivity index (χ2n) is 4.38. The molecule has 0 unspecified atom stereocenters. The van der Waals surface area contributed by atoms with E-state index in [9.17, 15) is 4.79 Å². The van der Waals surface area contributed by atoms with Gasteiger partial charge in [-0.2, -0.15) is 0 Å². The number of rotatable bonds is 5. The molecular weight excluding hydrogens is 222 g/mol. The van der Waals surface area contributed by atoms with Crippen LogP contribution in [0.4, 0.5) is 0 Å². The minimum atomic E-state index is -0.226. The number of nitrogens with two attached hydrogens (primary N) is 1. The van der Waals surface area contributed by atoms with Gasteiger partial charge in [0.25, 0.3) is 0 Å². The van der Waals surface area contributed by atoms with Crippen LogP contribution in [-0.4, -0.2) is 5.91 Å². The highest BCUT2D eigenvalue weighted by Crippen LogP contribution is 2.19. The molecule has 0 spiro atoms. The van der Waals surface area contributed by atoms with Gasteiger partial charge >= 0.3 is 0 Å². The summed E-state index contributed by atoms with van der Waals surface area (Å²) in [5.41, 5.74) is 8.80. The monoisotopic (exact) mass is 239 g/mol. The molecule has 0 saturated heterocycles. The fraction of sp³-hybridized carbons (Fsp3) is 0.188. The van der Waals surface area contributed by atoms with E-state index in [-0.39, 0.29) is 5.91 Å². The molecule has 0 heterocycles. The molecule has 0 radical (unpaired) electrons. The van der Waals surface area contributed by atoms with Crippen LogP contribution >= 0.6 is 0 Å². The first-order chi connectivity index (χ1) is 8.75.